The highest BCUT2D eigenvalue weighted by Gasteiger charge is 2.21. The molecule has 2 unspecified atom stereocenters. The van der Waals surface area contributed by atoms with E-state index < -0.39 is 0 Å². The van der Waals surface area contributed by atoms with Gasteiger partial charge in [0, 0.05) is 0 Å². The Kier molecular flexibility index (Phi) is 4.81. The maximum atomic E-state index is 2.35. The lowest BCUT2D eigenvalue weighted by atomic mass is 9.78. The highest BCUT2D eigenvalue weighted by Crippen LogP contribution is 2.36. The van der Waals surface area contributed by atoms with E-state index in [1.54, 1.807) is 0 Å². The summed E-state index contributed by atoms with van der Waals surface area (Å²) in [4.78, 5) is 0. The first-order valence-corrected chi connectivity index (χ1v) is 8.66. The van der Waals surface area contributed by atoms with Gasteiger partial charge < -0.3 is 0 Å². The van der Waals surface area contributed by atoms with Gasteiger partial charge in [-0.25, -0.2) is 0 Å². The average molecular weight is 302 g/mol. The fraction of sp³-hybridized carbons (Fsp3) is 0.304. The van der Waals surface area contributed by atoms with Crippen molar-refractivity contribution in [3.05, 3.63) is 88.6 Å². The quantitative estimate of drug-likeness (QED) is 0.604. The van der Waals surface area contributed by atoms with Crippen LogP contribution in [0.5, 0.6) is 0 Å². The SMILES string of the molecule is Cc1ccc(/C=C\C2=CC=C(C3=CC=CCC3C)C(C)C2)cc1. The van der Waals surface area contributed by atoms with Gasteiger partial charge in [-0.15, -0.1) is 0 Å². The smallest absolute Gasteiger partial charge is 0.0147 e. The minimum absolute atomic E-state index is 0.595. The van der Waals surface area contributed by atoms with E-state index in [0.717, 1.165) is 6.42 Å². The summed E-state index contributed by atoms with van der Waals surface area (Å²) >= 11 is 0. The molecule has 0 amide bonds. The summed E-state index contributed by atoms with van der Waals surface area (Å²) in [5.41, 5.74) is 7.05. The third-order valence-corrected chi connectivity index (χ3v) is 4.88. The van der Waals surface area contributed by atoms with Gasteiger partial charge in [0.25, 0.3) is 0 Å². The van der Waals surface area contributed by atoms with Crippen molar-refractivity contribution in [2.45, 2.75) is 33.6 Å². The molecule has 0 heteroatoms. The Hall–Kier alpha value is -2.08. The molecule has 2 aliphatic carbocycles. The third-order valence-electron chi connectivity index (χ3n) is 4.88. The maximum Gasteiger partial charge on any atom is -0.0147 e. The number of allylic oxidation sites excluding steroid dienone is 9. The molecule has 0 nitrogen and oxygen atoms in total. The summed E-state index contributed by atoms with van der Waals surface area (Å²) in [5, 5.41) is 0. The summed E-state index contributed by atoms with van der Waals surface area (Å²) < 4.78 is 0. The summed E-state index contributed by atoms with van der Waals surface area (Å²) in [6, 6.07) is 8.70. The van der Waals surface area contributed by atoms with Crippen LogP contribution in [0.3, 0.4) is 0 Å². The number of hydrogen-bond acceptors (Lipinski definition) is 0. The van der Waals surface area contributed by atoms with E-state index in [1.165, 1.54) is 34.3 Å². The van der Waals surface area contributed by atoms with Crippen molar-refractivity contribution in [3.8, 4) is 0 Å². The number of benzene rings is 1. The minimum Gasteiger partial charge on any atom is -0.0839 e. The molecule has 0 aliphatic heterocycles. The van der Waals surface area contributed by atoms with E-state index in [2.05, 4.69) is 87.6 Å². The fourth-order valence-electron chi connectivity index (χ4n) is 3.40. The molecule has 1 aromatic rings. The van der Waals surface area contributed by atoms with Crippen molar-refractivity contribution in [3.63, 3.8) is 0 Å². The lowest BCUT2D eigenvalue weighted by Gasteiger charge is -2.27. The van der Waals surface area contributed by atoms with Gasteiger partial charge in [0.05, 0.1) is 0 Å². The van der Waals surface area contributed by atoms with Crippen molar-refractivity contribution >= 4 is 6.08 Å². The standard InChI is InChI=1S/C23H26/c1-17-8-10-20(11-9-17)12-13-21-14-15-23(19(3)16-21)22-7-5-4-6-18(22)2/h4-5,7-15,18-19H,6,16H2,1-3H3/b13-12-. The van der Waals surface area contributed by atoms with E-state index in [1.807, 2.05) is 0 Å². The summed E-state index contributed by atoms with van der Waals surface area (Å²) in [7, 11) is 0. The molecule has 0 fully saturated rings. The second-order valence-electron chi connectivity index (χ2n) is 6.90. The zero-order valence-electron chi connectivity index (χ0n) is 14.4. The molecule has 1 aromatic carbocycles. The Balaban J connectivity index is 1.77. The van der Waals surface area contributed by atoms with Crippen molar-refractivity contribution in [2.24, 2.45) is 11.8 Å². The van der Waals surface area contributed by atoms with Gasteiger partial charge >= 0.3 is 0 Å². The first kappa shape index (κ1) is 15.8. The van der Waals surface area contributed by atoms with Gasteiger partial charge in [-0.3, -0.25) is 0 Å². The predicted molar refractivity (Wildman–Crippen MR) is 101 cm³/mol. The Morgan fingerprint density at radius 1 is 0.870 bits per heavy atom. The van der Waals surface area contributed by atoms with Crippen LogP contribution in [0.1, 0.15) is 37.8 Å². The zero-order valence-corrected chi connectivity index (χ0v) is 14.4. The highest BCUT2D eigenvalue weighted by atomic mass is 14.3. The van der Waals surface area contributed by atoms with E-state index in [4.69, 9.17) is 0 Å². The minimum atomic E-state index is 0.595. The third kappa shape index (κ3) is 3.82. The number of aryl methyl sites for hydroxylation is 1. The molecule has 0 aromatic heterocycles. The summed E-state index contributed by atoms with van der Waals surface area (Å²) in [6.07, 6.45) is 18.2. The van der Waals surface area contributed by atoms with E-state index >= 15 is 0 Å². The second kappa shape index (κ2) is 7.00. The van der Waals surface area contributed by atoms with Crippen LogP contribution in [0.2, 0.25) is 0 Å². The monoisotopic (exact) mass is 302 g/mol. The summed E-state index contributed by atoms with van der Waals surface area (Å²) in [6.45, 7) is 6.81. The molecule has 0 spiro atoms. The van der Waals surface area contributed by atoms with Crippen molar-refractivity contribution in [1.82, 2.24) is 0 Å². The molecule has 0 heterocycles. The topological polar surface area (TPSA) is 0 Å². The lowest BCUT2D eigenvalue weighted by molar-refractivity contribution is 0.619. The van der Waals surface area contributed by atoms with Crippen molar-refractivity contribution in [1.29, 1.82) is 0 Å². The highest BCUT2D eigenvalue weighted by molar-refractivity contribution is 5.55. The van der Waals surface area contributed by atoms with E-state index in [0.29, 0.717) is 11.8 Å². The predicted octanol–water partition coefficient (Wildman–Crippen LogP) is 6.42. The van der Waals surface area contributed by atoms with Crippen LogP contribution in [0, 0.1) is 18.8 Å². The van der Waals surface area contributed by atoms with Crippen LogP contribution in [-0.4, -0.2) is 0 Å². The fourth-order valence-corrected chi connectivity index (χ4v) is 3.40. The Morgan fingerprint density at radius 3 is 2.30 bits per heavy atom. The normalized spacial score (nSPS) is 24.4. The molecule has 0 radical (unpaired) electrons. The average Bonchev–Trinajstić information content (AvgIpc) is 2.55. The van der Waals surface area contributed by atoms with Gasteiger partial charge in [0.15, 0.2) is 0 Å². The molecule has 2 atom stereocenters. The molecule has 3 rings (SSSR count). The van der Waals surface area contributed by atoms with Crippen molar-refractivity contribution < 1.29 is 0 Å². The molecule has 118 valence electrons. The second-order valence-corrected chi connectivity index (χ2v) is 6.90. The van der Waals surface area contributed by atoms with Crippen LogP contribution in [0.15, 0.2) is 77.4 Å². The van der Waals surface area contributed by atoms with Gasteiger partial charge in [0.1, 0.15) is 0 Å². The largest absolute Gasteiger partial charge is 0.0839 e. The van der Waals surface area contributed by atoms with Gasteiger partial charge in [0.2, 0.25) is 0 Å². The number of rotatable bonds is 3. The first-order valence-electron chi connectivity index (χ1n) is 8.66. The van der Waals surface area contributed by atoms with Crippen LogP contribution >= 0.6 is 0 Å². The molecule has 0 N–H and O–H groups in total. The molecular weight excluding hydrogens is 276 g/mol. The Bertz CT molecular complexity index is 705. The maximum absolute atomic E-state index is 2.35. The van der Waals surface area contributed by atoms with E-state index in [9.17, 15) is 0 Å². The molecule has 0 bridgehead atoms. The number of hydrogen-bond donors (Lipinski definition) is 0. The van der Waals surface area contributed by atoms with Gasteiger partial charge in [-0.2, -0.15) is 0 Å². The first-order chi connectivity index (χ1) is 11.1. The molecule has 0 saturated heterocycles. The van der Waals surface area contributed by atoms with E-state index in [-0.39, 0.29) is 0 Å². The van der Waals surface area contributed by atoms with Gasteiger partial charge in [-0.1, -0.05) is 86.2 Å². The Morgan fingerprint density at radius 2 is 1.61 bits per heavy atom. The summed E-state index contributed by atoms with van der Waals surface area (Å²) in [5.74, 6) is 1.24. The van der Waals surface area contributed by atoms with Gasteiger partial charge in [-0.05, 0) is 53.9 Å². The van der Waals surface area contributed by atoms with Crippen LogP contribution in [-0.2, 0) is 0 Å². The lowest BCUT2D eigenvalue weighted by Crippen LogP contribution is -2.12. The van der Waals surface area contributed by atoms with Crippen molar-refractivity contribution in [2.75, 3.05) is 0 Å². The Labute approximate surface area is 140 Å². The zero-order chi connectivity index (χ0) is 16.2. The molecule has 2 aliphatic rings. The molecular formula is C23H26. The van der Waals surface area contributed by atoms with Crippen LogP contribution in [0.25, 0.3) is 6.08 Å². The molecule has 23 heavy (non-hydrogen) atoms. The molecule has 0 saturated carbocycles. The van der Waals surface area contributed by atoms with Crippen LogP contribution < -0.4 is 0 Å². The van der Waals surface area contributed by atoms with Crippen LogP contribution in [0.4, 0.5) is 0 Å².